The average molecular weight is 282 g/mol. The molecule has 2 rings (SSSR count). The van der Waals surface area contributed by atoms with Gasteiger partial charge in [-0.15, -0.1) is 0 Å². The van der Waals surface area contributed by atoms with E-state index in [2.05, 4.69) is 25.2 Å². The number of hydrogen-bond donors (Lipinski definition) is 2. The first kappa shape index (κ1) is 13.9. The number of carbonyl (C=O) groups is 1. The van der Waals surface area contributed by atoms with Crippen LogP contribution in [0.15, 0.2) is 18.5 Å². The minimum Gasteiger partial charge on any atom is -0.465 e. The van der Waals surface area contributed by atoms with Crippen LogP contribution in [0.5, 0.6) is 0 Å². The molecule has 1 aromatic carbocycles. The van der Waals surface area contributed by atoms with E-state index >= 15 is 0 Å². The van der Waals surface area contributed by atoms with Crippen molar-refractivity contribution in [3.8, 4) is 0 Å². The van der Waals surface area contributed by atoms with Gasteiger partial charge in [0, 0.05) is 0 Å². The second-order valence-electron chi connectivity index (χ2n) is 4.02. The van der Waals surface area contributed by atoms with Crippen molar-refractivity contribution in [1.29, 1.82) is 0 Å². The molecule has 1 atom stereocenters. The van der Waals surface area contributed by atoms with E-state index in [-0.39, 0.29) is 5.69 Å². The molecule has 0 saturated carbocycles. The Morgan fingerprint density at radius 3 is 2.75 bits per heavy atom. The zero-order valence-electron chi connectivity index (χ0n) is 10.8. The van der Waals surface area contributed by atoms with Gasteiger partial charge >= 0.3 is 5.97 Å². The number of H-pyrrole nitrogens is 1. The first-order valence-corrected chi connectivity index (χ1v) is 5.72. The predicted octanol–water partition coefficient (Wildman–Crippen LogP) is 2.04. The number of anilines is 1. The molecule has 106 valence electrons. The molecule has 0 aliphatic carbocycles. The molecule has 0 radical (unpaired) electrons. The quantitative estimate of drug-likeness (QED) is 0.839. The first-order valence-electron chi connectivity index (χ1n) is 5.72. The fourth-order valence-corrected chi connectivity index (χ4v) is 1.65. The molecule has 2 N–H and O–H groups in total. The number of aromatic nitrogens is 3. The molecule has 0 bridgehead atoms. The van der Waals surface area contributed by atoms with Crippen LogP contribution in [0.25, 0.3) is 0 Å². The van der Waals surface area contributed by atoms with Crippen molar-refractivity contribution < 1.29 is 18.3 Å². The first-order chi connectivity index (χ1) is 9.54. The summed E-state index contributed by atoms with van der Waals surface area (Å²) in [5.41, 5.74) is -0.540. The van der Waals surface area contributed by atoms with Gasteiger partial charge in [-0.3, -0.25) is 5.10 Å². The van der Waals surface area contributed by atoms with Gasteiger partial charge in [-0.2, -0.15) is 5.10 Å². The molecule has 0 aliphatic rings. The normalized spacial score (nSPS) is 12.0. The maximum absolute atomic E-state index is 13.9. The third kappa shape index (κ3) is 2.58. The highest BCUT2D eigenvalue weighted by atomic mass is 19.2. The van der Waals surface area contributed by atoms with Crippen molar-refractivity contribution in [2.45, 2.75) is 13.0 Å². The average Bonchev–Trinajstić information content (AvgIpc) is 2.97. The SMILES string of the molecule is COC(=O)c1ccc(NC(C)c2ncn[nH]2)c(F)c1F. The molecule has 0 spiro atoms. The summed E-state index contributed by atoms with van der Waals surface area (Å²) in [7, 11) is 1.10. The zero-order chi connectivity index (χ0) is 14.7. The van der Waals surface area contributed by atoms with Gasteiger partial charge < -0.3 is 10.1 Å². The van der Waals surface area contributed by atoms with Crippen LogP contribution < -0.4 is 5.32 Å². The Morgan fingerprint density at radius 2 is 2.15 bits per heavy atom. The maximum atomic E-state index is 13.9. The number of nitrogens with zero attached hydrogens (tertiary/aromatic N) is 2. The molecular weight excluding hydrogens is 270 g/mol. The number of hydrogen-bond acceptors (Lipinski definition) is 5. The van der Waals surface area contributed by atoms with E-state index in [0.29, 0.717) is 5.82 Å². The van der Waals surface area contributed by atoms with E-state index in [0.717, 1.165) is 13.2 Å². The monoisotopic (exact) mass is 282 g/mol. The summed E-state index contributed by atoms with van der Waals surface area (Å²) in [4.78, 5) is 15.1. The molecule has 1 aromatic heterocycles. The molecule has 0 aliphatic heterocycles. The lowest BCUT2D eigenvalue weighted by Crippen LogP contribution is -2.12. The van der Waals surface area contributed by atoms with Crippen molar-refractivity contribution in [3.63, 3.8) is 0 Å². The molecule has 1 heterocycles. The highest BCUT2D eigenvalue weighted by Gasteiger charge is 2.20. The molecule has 8 heteroatoms. The minimum absolute atomic E-state index is 0.0842. The highest BCUT2D eigenvalue weighted by Crippen LogP contribution is 2.24. The summed E-state index contributed by atoms with van der Waals surface area (Å²) >= 11 is 0. The summed E-state index contributed by atoms with van der Waals surface area (Å²) in [5.74, 6) is -2.87. The second-order valence-corrected chi connectivity index (χ2v) is 4.02. The fourth-order valence-electron chi connectivity index (χ4n) is 1.65. The standard InChI is InChI=1S/C12H12F2N4O2/c1-6(11-15-5-16-18-11)17-8-4-3-7(12(19)20-2)9(13)10(8)14/h3-6,17H,1-2H3,(H,15,16,18). The third-order valence-electron chi connectivity index (χ3n) is 2.70. The number of nitrogens with one attached hydrogen (secondary N) is 2. The van der Waals surface area contributed by atoms with Crippen molar-refractivity contribution in [1.82, 2.24) is 15.2 Å². The number of ether oxygens (including phenoxy) is 1. The van der Waals surface area contributed by atoms with E-state index < -0.39 is 29.2 Å². The number of methoxy groups -OCH3 is 1. The molecule has 20 heavy (non-hydrogen) atoms. The molecule has 0 fully saturated rings. The Balaban J connectivity index is 2.26. The van der Waals surface area contributed by atoms with E-state index in [9.17, 15) is 13.6 Å². The molecule has 2 aromatic rings. The van der Waals surface area contributed by atoms with Gasteiger partial charge in [-0.1, -0.05) is 0 Å². The van der Waals surface area contributed by atoms with Crippen molar-refractivity contribution >= 4 is 11.7 Å². The Hall–Kier alpha value is -2.51. The van der Waals surface area contributed by atoms with Crippen LogP contribution in [0.3, 0.4) is 0 Å². The van der Waals surface area contributed by atoms with Gasteiger partial charge in [0.15, 0.2) is 11.6 Å². The van der Waals surface area contributed by atoms with Crippen molar-refractivity contribution in [3.05, 3.63) is 41.5 Å². The van der Waals surface area contributed by atoms with Gasteiger partial charge in [0.25, 0.3) is 0 Å². The summed E-state index contributed by atoms with van der Waals surface area (Å²) < 4.78 is 32.0. The van der Waals surface area contributed by atoms with Gasteiger partial charge in [0.1, 0.15) is 12.2 Å². The third-order valence-corrected chi connectivity index (χ3v) is 2.70. The van der Waals surface area contributed by atoms with E-state index in [1.54, 1.807) is 6.92 Å². The van der Waals surface area contributed by atoms with Crippen LogP contribution in [0.2, 0.25) is 0 Å². The number of esters is 1. The van der Waals surface area contributed by atoms with E-state index in [1.807, 2.05) is 0 Å². The van der Waals surface area contributed by atoms with Gasteiger partial charge in [-0.05, 0) is 19.1 Å². The predicted molar refractivity (Wildman–Crippen MR) is 66.1 cm³/mol. The Kier molecular flexibility index (Phi) is 3.92. The Labute approximate surface area is 113 Å². The largest absolute Gasteiger partial charge is 0.465 e. The van der Waals surface area contributed by atoms with Crippen LogP contribution in [0.4, 0.5) is 14.5 Å². The maximum Gasteiger partial charge on any atom is 0.340 e. The summed E-state index contributed by atoms with van der Waals surface area (Å²) in [5, 5.41) is 9.02. The lowest BCUT2D eigenvalue weighted by molar-refractivity contribution is 0.0594. The summed E-state index contributed by atoms with van der Waals surface area (Å²) in [6, 6.07) is 2.01. The van der Waals surface area contributed by atoms with Crippen LogP contribution in [0.1, 0.15) is 29.1 Å². The fraction of sp³-hybridized carbons (Fsp3) is 0.250. The van der Waals surface area contributed by atoms with Crippen LogP contribution in [0, 0.1) is 11.6 Å². The number of halogens is 2. The Bertz CT molecular complexity index is 616. The van der Waals surface area contributed by atoms with E-state index in [4.69, 9.17) is 0 Å². The second kappa shape index (κ2) is 5.64. The highest BCUT2D eigenvalue weighted by molar-refractivity contribution is 5.90. The summed E-state index contributed by atoms with van der Waals surface area (Å²) in [6.45, 7) is 1.70. The zero-order valence-corrected chi connectivity index (χ0v) is 10.8. The van der Waals surface area contributed by atoms with Gasteiger partial charge in [0.05, 0.1) is 24.4 Å². The smallest absolute Gasteiger partial charge is 0.340 e. The summed E-state index contributed by atoms with van der Waals surface area (Å²) in [6.07, 6.45) is 1.31. The number of aromatic amines is 1. The number of benzene rings is 1. The molecule has 0 amide bonds. The molecular formula is C12H12F2N4O2. The van der Waals surface area contributed by atoms with Gasteiger partial charge in [0.2, 0.25) is 0 Å². The van der Waals surface area contributed by atoms with E-state index in [1.165, 1.54) is 12.4 Å². The molecule has 1 unspecified atom stereocenters. The van der Waals surface area contributed by atoms with Crippen molar-refractivity contribution in [2.75, 3.05) is 12.4 Å². The minimum atomic E-state index is -1.26. The van der Waals surface area contributed by atoms with Crippen LogP contribution in [-0.4, -0.2) is 28.3 Å². The molecule has 6 nitrogen and oxygen atoms in total. The Morgan fingerprint density at radius 1 is 1.40 bits per heavy atom. The lowest BCUT2D eigenvalue weighted by Gasteiger charge is -2.14. The lowest BCUT2D eigenvalue weighted by atomic mass is 10.1. The van der Waals surface area contributed by atoms with Gasteiger partial charge in [-0.25, -0.2) is 18.6 Å². The van der Waals surface area contributed by atoms with Crippen LogP contribution >= 0.6 is 0 Å². The number of carbonyl (C=O) groups excluding carboxylic acids is 1. The van der Waals surface area contributed by atoms with Crippen molar-refractivity contribution in [2.24, 2.45) is 0 Å². The topological polar surface area (TPSA) is 79.9 Å². The molecule has 0 saturated heterocycles. The van der Waals surface area contributed by atoms with Crippen LogP contribution in [-0.2, 0) is 4.74 Å². The number of rotatable bonds is 4.